The first-order valence-corrected chi connectivity index (χ1v) is 16.7. The normalized spacial score (nSPS) is 11.0. The highest BCUT2D eigenvalue weighted by atomic mass is 15.1. The van der Waals surface area contributed by atoms with E-state index < -0.39 is 0 Å². The summed E-state index contributed by atoms with van der Waals surface area (Å²) in [5.41, 5.74) is 12.9. The Morgan fingerprint density at radius 2 is 0.755 bits per heavy atom. The van der Waals surface area contributed by atoms with Crippen LogP contribution in [0.3, 0.4) is 0 Å². The van der Waals surface area contributed by atoms with Gasteiger partial charge in [-0.2, -0.15) is 0 Å². The van der Waals surface area contributed by atoms with Gasteiger partial charge in [0.05, 0.1) is 5.69 Å². The van der Waals surface area contributed by atoms with Gasteiger partial charge in [-0.25, -0.2) is 0 Å². The number of benzene rings is 8. The predicted octanol–water partition coefficient (Wildman–Crippen LogP) is 13.1. The van der Waals surface area contributed by atoms with Gasteiger partial charge >= 0.3 is 0 Å². The molecule has 8 rings (SSSR count). The summed E-state index contributed by atoms with van der Waals surface area (Å²) in [4.78, 5) is 4.62. The van der Waals surface area contributed by atoms with E-state index in [1.54, 1.807) is 0 Å². The molecule has 0 heterocycles. The fourth-order valence-corrected chi connectivity index (χ4v) is 6.64. The lowest BCUT2D eigenvalue weighted by molar-refractivity contribution is 1.21. The van der Waals surface area contributed by atoms with E-state index in [1.165, 1.54) is 44.2 Å². The van der Waals surface area contributed by atoms with Crippen molar-refractivity contribution in [2.24, 2.45) is 0 Å². The molecule has 0 aliphatic rings. The van der Waals surface area contributed by atoms with Crippen LogP contribution in [0.2, 0.25) is 0 Å². The lowest BCUT2D eigenvalue weighted by Crippen LogP contribution is -2.10. The van der Waals surface area contributed by atoms with E-state index in [-0.39, 0.29) is 0 Å². The molecular formula is C47H36N2. The number of nitrogens with zero attached hydrogens (tertiary/aromatic N) is 2. The Kier molecular flexibility index (Phi) is 8.19. The number of hydrogen-bond donors (Lipinski definition) is 0. The van der Waals surface area contributed by atoms with Crippen molar-refractivity contribution in [1.29, 1.82) is 0 Å². The number of anilines is 5. The van der Waals surface area contributed by atoms with E-state index >= 15 is 0 Å². The molecule has 0 saturated carbocycles. The van der Waals surface area contributed by atoms with Crippen LogP contribution in [-0.2, 0) is 0 Å². The van der Waals surface area contributed by atoms with Gasteiger partial charge in [0.15, 0.2) is 0 Å². The van der Waals surface area contributed by atoms with Crippen LogP contribution in [0.4, 0.5) is 28.4 Å². The van der Waals surface area contributed by atoms with Crippen molar-refractivity contribution in [2.75, 3.05) is 16.8 Å². The number of rotatable bonds is 8. The molecule has 8 aromatic carbocycles. The zero-order valence-electron chi connectivity index (χ0n) is 27.4. The Hall–Kier alpha value is -6.38. The number of fused-ring (bicyclic) bond motifs is 1. The van der Waals surface area contributed by atoms with Crippen molar-refractivity contribution in [1.82, 2.24) is 0 Å². The minimum absolute atomic E-state index is 1.11. The molecule has 234 valence electrons. The van der Waals surface area contributed by atoms with Gasteiger partial charge in [-0.05, 0) is 93.4 Å². The van der Waals surface area contributed by atoms with Crippen molar-refractivity contribution >= 4 is 39.2 Å². The maximum absolute atomic E-state index is 2.38. The van der Waals surface area contributed by atoms with Crippen molar-refractivity contribution in [3.05, 3.63) is 200 Å². The summed E-state index contributed by atoms with van der Waals surface area (Å²) in [6.07, 6.45) is 0. The summed E-state index contributed by atoms with van der Waals surface area (Å²) in [6.45, 7) is 0. The summed E-state index contributed by atoms with van der Waals surface area (Å²) >= 11 is 0. The molecule has 0 spiro atoms. The SMILES string of the molecule is CN(c1ccc(-c2ccc(N(c3cccc(-c4ccccc4)c3)c3cccc4ccccc34)cc2)cc1)c1cccc(-c2ccccc2)c1. The Labute approximate surface area is 288 Å². The first-order chi connectivity index (χ1) is 24.2. The van der Waals surface area contributed by atoms with Crippen LogP contribution >= 0.6 is 0 Å². The zero-order valence-corrected chi connectivity index (χ0v) is 27.4. The van der Waals surface area contributed by atoms with Crippen molar-refractivity contribution < 1.29 is 0 Å². The summed E-state index contributed by atoms with van der Waals surface area (Å²) in [7, 11) is 2.13. The van der Waals surface area contributed by atoms with Gasteiger partial charge < -0.3 is 9.80 Å². The monoisotopic (exact) mass is 628 g/mol. The second-order valence-corrected chi connectivity index (χ2v) is 12.3. The van der Waals surface area contributed by atoms with Gasteiger partial charge in [0.25, 0.3) is 0 Å². The Bertz CT molecular complexity index is 2320. The topological polar surface area (TPSA) is 6.48 Å². The molecule has 0 saturated heterocycles. The highest BCUT2D eigenvalue weighted by molar-refractivity contribution is 5.99. The fraction of sp³-hybridized carbons (Fsp3) is 0.0213. The van der Waals surface area contributed by atoms with Crippen molar-refractivity contribution in [3.8, 4) is 33.4 Å². The highest BCUT2D eigenvalue weighted by Gasteiger charge is 2.16. The third-order valence-electron chi connectivity index (χ3n) is 9.27. The Morgan fingerprint density at radius 3 is 1.39 bits per heavy atom. The lowest BCUT2D eigenvalue weighted by atomic mass is 10.0. The molecule has 2 nitrogen and oxygen atoms in total. The molecule has 8 aromatic rings. The molecule has 0 fully saturated rings. The van der Waals surface area contributed by atoms with Crippen molar-refractivity contribution in [3.63, 3.8) is 0 Å². The summed E-state index contributed by atoms with van der Waals surface area (Å²) in [6, 6.07) is 71.6. The molecule has 0 radical (unpaired) electrons. The standard InChI is InChI=1S/C47H36N2/c1-48(44-21-10-19-40(33-44)35-13-4-2-5-14-35)42-29-25-37(26-30-42)38-27-31-43(32-28-38)49(47-24-12-18-39-17-8-9-23-46(39)47)45-22-11-20-41(34-45)36-15-6-3-7-16-36/h2-34H,1H3. The number of hydrogen-bond acceptors (Lipinski definition) is 2. The van der Waals surface area contributed by atoms with E-state index in [1.807, 2.05) is 0 Å². The quantitative estimate of drug-likeness (QED) is 0.165. The molecule has 0 unspecified atom stereocenters. The molecule has 0 N–H and O–H groups in total. The van der Waals surface area contributed by atoms with Gasteiger partial charge in [0, 0.05) is 35.2 Å². The molecular weight excluding hydrogens is 593 g/mol. The van der Waals surface area contributed by atoms with E-state index in [9.17, 15) is 0 Å². The average molecular weight is 629 g/mol. The smallest absolute Gasteiger partial charge is 0.0540 e. The predicted molar refractivity (Wildman–Crippen MR) is 209 cm³/mol. The third-order valence-corrected chi connectivity index (χ3v) is 9.27. The van der Waals surface area contributed by atoms with Crippen LogP contribution < -0.4 is 9.80 Å². The third kappa shape index (κ3) is 6.20. The van der Waals surface area contributed by atoms with E-state index in [4.69, 9.17) is 0 Å². The second-order valence-electron chi connectivity index (χ2n) is 12.3. The van der Waals surface area contributed by atoms with Crippen LogP contribution in [0.15, 0.2) is 200 Å². The van der Waals surface area contributed by atoms with E-state index in [0.717, 1.165) is 28.4 Å². The maximum atomic E-state index is 2.38. The minimum Gasteiger partial charge on any atom is -0.345 e. The van der Waals surface area contributed by atoms with E-state index in [2.05, 4.69) is 217 Å². The van der Waals surface area contributed by atoms with Crippen molar-refractivity contribution in [2.45, 2.75) is 0 Å². The van der Waals surface area contributed by atoms with Crippen LogP contribution in [0, 0.1) is 0 Å². The maximum Gasteiger partial charge on any atom is 0.0540 e. The average Bonchev–Trinajstić information content (AvgIpc) is 3.19. The molecule has 0 amide bonds. The first-order valence-electron chi connectivity index (χ1n) is 16.7. The first kappa shape index (κ1) is 30.0. The molecule has 49 heavy (non-hydrogen) atoms. The Morgan fingerprint density at radius 1 is 0.306 bits per heavy atom. The molecule has 2 heteroatoms. The van der Waals surface area contributed by atoms with Crippen LogP contribution in [0.25, 0.3) is 44.2 Å². The van der Waals surface area contributed by atoms with E-state index in [0.29, 0.717) is 0 Å². The van der Waals surface area contributed by atoms with Gasteiger partial charge in [0.1, 0.15) is 0 Å². The molecule has 0 aromatic heterocycles. The lowest BCUT2D eigenvalue weighted by Gasteiger charge is -2.27. The minimum atomic E-state index is 1.11. The van der Waals surface area contributed by atoms with Crippen LogP contribution in [0.1, 0.15) is 0 Å². The molecule has 0 aliphatic carbocycles. The molecule has 0 bridgehead atoms. The summed E-state index contributed by atoms with van der Waals surface area (Å²) < 4.78 is 0. The van der Waals surface area contributed by atoms with Gasteiger partial charge in [-0.3, -0.25) is 0 Å². The molecule has 0 aliphatic heterocycles. The summed E-state index contributed by atoms with van der Waals surface area (Å²) in [5, 5.41) is 2.44. The van der Waals surface area contributed by atoms with Crippen LogP contribution in [-0.4, -0.2) is 7.05 Å². The molecule has 0 atom stereocenters. The zero-order chi connectivity index (χ0) is 33.0. The second kappa shape index (κ2) is 13.4. The fourth-order valence-electron chi connectivity index (χ4n) is 6.64. The largest absolute Gasteiger partial charge is 0.345 e. The highest BCUT2D eigenvalue weighted by Crippen LogP contribution is 2.41. The van der Waals surface area contributed by atoms with Gasteiger partial charge in [0.2, 0.25) is 0 Å². The summed E-state index contributed by atoms with van der Waals surface area (Å²) in [5.74, 6) is 0. The van der Waals surface area contributed by atoms with Gasteiger partial charge in [-0.1, -0.05) is 146 Å². The Balaban J connectivity index is 1.11. The van der Waals surface area contributed by atoms with Crippen LogP contribution in [0.5, 0.6) is 0 Å². The van der Waals surface area contributed by atoms with Gasteiger partial charge in [-0.15, -0.1) is 0 Å².